The van der Waals surface area contributed by atoms with Crippen LogP contribution in [0, 0.1) is 0 Å². The van der Waals surface area contributed by atoms with Crippen LogP contribution in [0.25, 0.3) is 11.3 Å². The number of hydrogen-bond donors (Lipinski definition) is 2. The third kappa shape index (κ3) is 2.50. The molecule has 0 saturated heterocycles. The highest BCUT2D eigenvalue weighted by atomic mass is 16.3. The van der Waals surface area contributed by atoms with Gasteiger partial charge in [-0.1, -0.05) is 33.8 Å². The monoisotopic (exact) mass is 273 g/mol. The molecule has 0 atom stereocenters. The maximum absolute atomic E-state index is 10.6. The molecule has 0 amide bonds. The molecule has 20 heavy (non-hydrogen) atoms. The van der Waals surface area contributed by atoms with E-state index in [4.69, 9.17) is 5.73 Å². The molecule has 2 rings (SSSR count). The fourth-order valence-corrected chi connectivity index (χ4v) is 2.28. The smallest absolute Gasteiger partial charge is 0.128 e. The van der Waals surface area contributed by atoms with Crippen molar-refractivity contribution in [2.24, 2.45) is 7.05 Å². The zero-order valence-electron chi connectivity index (χ0n) is 12.9. The van der Waals surface area contributed by atoms with E-state index in [0.29, 0.717) is 17.3 Å². The lowest BCUT2D eigenvalue weighted by molar-refractivity contribution is 0.448. The number of phenols is 1. The highest BCUT2D eigenvalue weighted by molar-refractivity contribution is 5.72. The summed E-state index contributed by atoms with van der Waals surface area (Å²) in [6, 6.07) is 5.86. The van der Waals surface area contributed by atoms with Gasteiger partial charge in [-0.2, -0.15) is 5.10 Å². The van der Waals surface area contributed by atoms with Gasteiger partial charge in [-0.15, -0.1) is 0 Å². The molecule has 0 spiro atoms. The van der Waals surface area contributed by atoms with Crippen LogP contribution < -0.4 is 5.73 Å². The Morgan fingerprint density at radius 2 is 1.90 bits per heavy atom. The molecule has 0 aliphatic carbocycles. The summed E-state index contributed by atoms with van der Waals surface area (Å²) in [5.41, 5.74) is 9.31. The molecular formula is C16H23N3O. The van der Waals surface area contributed by atoms with Gasteiger partial charge < -0.3 is 10.8 Å². The van der Waals surface area contributed by atoms with Crippen molar-refractivity contribution in [3.8, 4) is 17.0 Å². The van der Waals surface area contributed by atoms with E-state index < -0.39 is 0 Å². The summed E-state index contributed by atoms with van der Waals surface area (Å²) in [5, 5.41) is 15.0. The summed E-state index contributed by atoms with van der Waals surface area (Å²) >= 11 is 0. The van der Waals surface area contributed by atoms with Gasteiger partial charge in [0.15, 0.2) is 0 Å². The molecule has 108 valence electrons. The molecule has 2 aromatic rings. The molecule has 3 N–H and O–H groups in total. The number of anilines is 1. The molecule has 0 fully saturated rings. The van der Waals surface area contributed by atoms with Crippen LogP contribution in [0.5, 0.6) is 5.75 Å². The van der Waals surface area contributed by atoms with Gasteiger partial charge in [-0.05, 0) is 23.5 Å². The van der Waals surface area contributed by atoms with Gasteiger partial charge >= 0.3 is 0 Å². The van der Waals surface area contributed by atoms with Crippen LogP contribution in [0.4, 0.5) is 5.82 Å². The van der Waals surface area contributed by atoms with Crippen molar-refractivity contribution in [2.75, 3.05) is 5.73 Å². The first kappa shape index (κ1) is 14.4. The lowest BCUT2D eigenvalue weighted by Crippen LogP contribution is -2.12. The van der Waals surface area contributed by atoms with Crippen molar-refractivity contribution < 1.29 is 5.11 Å². The van der Waals surface area contributed by atoms with Crippen molar-refractivity contribution in [1.82, 2.24) is 9.78 Å². The van der Waals surface area contributed by atoms with Crippen LogP contribution in [0.2, 0.25) is 0 Å². The maximum Gasteiger partial charge on any atom is 0.128 e. The number of rotatable bonds is 2. The Morgan fingerprint density at radius 3 is 2.35 bits per heavy atom. The third-order valence-electron chi connectivity index (χ3n) is 3.58. The number of aromatic hydroxyl groups is 1. The van der Waals surface area contributed by atoms with E-state index in [0.717, 1.165) is 17.5 Å². The minimum Gasteiger partial charge on any atom is -0.507 e. The van der Waals surface area contributed by atoms with Crippen molar-refractivity contribution >= 4 is 5.82 Å². The first-order valence-corrected chi connectivity index (χ1v) is 6.90. The number of phenolic OH excluding ortho intramolecular Hbond substituents is 1. The molecule has 0 aliphatic rings. The van der Waals surface area contributed by atoms with E-state index >= 15 is 0 Å². The number of aromatic nitrogens is 2. The topological polar surface area (TPSA) is 64.1 Å². The van der Waals surface area contributed by atoms with Gasteiger partial charge in [0.05, 0.1) is 5.69 Å². The molecule has 0 unspecified atom stereocenters. The number of aryl methyl sites for hydroxylation is 2. The minimum absolute atomic E-state index is 0.121. The SMILES string of the molecule is CCc1cc(-c2cc(N)n(C)n2)c(O)c(C(C)(C)C)c1. The molecule has 1 aromatic heterocycles. The normalized spacial score (nSPS) is 11.8. The van der Waals surface area contributed by atoms with Gasteiger partial charge in [0.1, 0.15) is 11.6 Å². The minimum atomic E-state index is -0.121. The Labute approximate surface area is 120 Å². The molecular weight excluding hydrogens is 250 g/mol. The maximum atomic E-state index is 10.6. The van der Waals surface area contributed by atoms with Gasteiger partial charge in [0, 0.05) is 24.2 Å². The van der Waals surface area contributed by atoms with Gasteiger partial charge in [-0.25, -0.2) is 0 Å². The van der Waals surface area contributed by atoms with Gasteiger partial charge in [0.25, 0.3) is 0 Å². The summed E-state index contributed by atoms with van der Waals surface area (Å²) in [5.74, 6) is 0.881. The number of benzene rings is 1. The quantitative estimate of drug-likeness (QED) is 0.883. The number of nitrogens with two attached hydrogens (primary N) is 1. The molecule has 0 saturated carbocycles. The molecule has 1 aromatic carbocycles. The van der Waals surface area contributed by atoms with E-state index in [2.05, 4.69) is 38.9 Å². The van der Waals surface area contributed by atoms with Crippen molar-refractivity contribution in [1.29, 1.82) is 0 Å². The zero-order chi connectivity index (χ0) is 15.1. The Balaban J connectivity index is 2.69. The van der Waals surface area contributed by atoms with E-state index in [1.807, 2.05) is 6.07 Å². The zero-order valence-corrected chi connectivity index (χ0v) is 12.9. The van der Waals surface area contributed by atoms with Crippen LogP contribution in [0.3, 0.4) is 0 Å². The molecule has 0 bridgehead atoms. The van der Waals surface area contributed by atoms with Crippen LogP contribution in [-0.4, -0.2) is 14.9 Å². The highest BCUT2D eigenvalue weighted by Crippen LogP contribution is 2.39. The van der Waals surface area contributed by atoms with Crippen molar-refractivity contribution in [3.63, 3.8) is 0 Å². The van der Waals surface area contributed by atoms with Gasteiger partial charge in [0.2, 0.25) is 0 Å². The Hall–Kier alpha value is -1.97. The fourth-order valence-electron chi connectivity index (χ4n) is 2.28. The largest absolute Gasteiger partial charge is 0.507 e. The van der Waals surface area contributed by atoms with Gasteiger partial charge in [-0.3, -0.25) is 4.68 Å². The second-order valence-electron chi connectivity index (χ2n) is 6.22. The molecule has 4 nitrogen and oxygen atoms in total. The second kappa shape index (κ2) is 4.85. The summed E-state index contributed by atoms with van der Waals surface area (Å²) < 4.78 is 1.62. The van der Waals surface area contributed by atoms with Crippen LogP contribution in [0.1, 0.15) is 38.8 Å². The van der Waals surface area contributed by atoms with E-state index in [1.54, 1.807) is 17.8 Å². The number of nitrogens with zero attached hydrogens (tertiary/aromatic N) is 2. The third-order valence-corrected chi connectivity index (χ3v) is 3.58. The first-order valence-electron chi connectivity index (χ1n) is 6.90. The Kier molecular flexibility index (Phi) is 3.50. The van der Waals surface area contributed by atoms with E-state index in [9.17, 15) is 5.11 Å². The lowest BCUT2D eigenvalue weighted by Gasteiger charge is -2.23. The molecule has 4 heteroatoms. The average molecular weight is 273 g/mol. The van der Waals surface area contributed by atoms with Crippen molar-refractivity contribution in [2.45, 2.75) is 39.5 Å². The van der Waals surface area contributed by atoms with Crippen LogP contribution >= 0.6 is 0 Å². The summed E-state index contributed by atoms with van der Waals surface area (Å²) in [7, 11) is 1.80. The second-order valence-corrected chi connectivity index (χ2v) is 6.22. The van der Waals surface area contributed by atoms with Crippen LogP contribution in [0.15, 0.2) is 18.2 Å². The molecule has 1 heterocycles. The predicted molar refractivity (Wildman–Crippen MR) is 82.8 cm³/mol. The van der Waals surface area contributed by atoms with E-state index in [1.165, 1.54) is 5.56 Å². The highest BCUT2D eigenvalue weighted by Gasteiger charge is 2.22. The molecule has 0 aliphatic heterocycles. The first-order chi connectivity index (χ1) is 9.24. The Morgan fingerprint density at radius 1 is 1.25 bits per heavy atom. The average Bonchev–Trinajstić information content (AvgIpc) is 2.68. The Bertz CT molecular complexity index is 616. The van der Waals surface area contributed by atoms with Crippen LogP contribution in [-0.2, 0) is 18.9 Å². The standard InChI is InChI=1S/C16H23N3O/c1-6-10-7-11(13-9-14(17)19(5)18-13)15(20)12(8-10)16(2,3)4/h7-9,20H,6,17H2,1-5H3. The molecule has 0 radical (unpaired) electrons. The predicted octanol–water partition coefficient (Wildman–Crippen LogP) is 3.23. The number of nitrogen functional groups attached to an aromatic ring is 1. The lowest BCUT2D eigenvalue weighted by atomic mass is 9.83. The summed E-state index contributed by atoms with van der Waals surface area (Å²) in [6.07, 6.45) is 0.915. The summed E-state index contributed by atoms with van der Waals surface area (Å²) in [6.45, 7) is 8.39. The summed E-state index contributed by atoms with van der Waals surface area (Å²) in [4.78, 5) is 0. The van der Waals surface area contributed by atoms with Crippen molar-refractivity contribution in [3.05, 3.63) is 29.3 Å². The van der Waals surface area contributed by atoms with E-state index in [-0.39, 0.29) is 5.41 Å². The number of hydrogen-bond acceptors (Lipinski definition) is 3. The fraction of sp³-hybridized carbons (Fsp3) is 0.438.